The summed E-state index contributed by atoms with van der Waals surface area (Å²) in [5.41, 5.74) is 0.00768. The molecule has 0 saturated heterocycles. The highest BCUT2D eigenvalue weighted by atomic mass is 16.5. The number of aliphatic hydroxyl groups is 11. The number of hydrogen-bond donors (Lipinski definition) is 11. The summed E-state index contributed by atoms with van der Waals surface area (Å²) in [6.07, 6.45) is 10.1. The van der Waals surface area contributed by atoms with Gasteiger partial charge in [-0.3, -0.25) is 4.90 Å². The zero-order valence-corrected chi connectivity index (χ0v) is 52.0. The molecule has 9 atom stereocenters. The molecule has 0 spiro atoms. The summed E-state index contributed by atoms with van der Waals surface area (Å²) in [6, 6.07) is 0. The quantitative estimate of drug-likeness (QED) is 0.0269. The molecule has 0 radical (unpaired) electrons. The molecule has 18 heteroatoms. The van der Waals surface area contributed by atoms with Crippen LogP contribution in [-0.2, 0) is 28.4 Å². The van der Waals surface area contributed by atoms with E-state index in [0.717, 1.165) is 129 Å². The van der Waals surface area contributed by atoms with E-state index in [-0.39, 0.29) is 37.9 Å². The Labute approximate surface area is 472 Å². The molecule has 77 heavy (non-hydrogen) atoms. The fourth-order valence-electron chi connectivity index (χ4n) is 6.20. The fraction of sp³-hybridized carbons (Fsp3) is 1.00. The van der Waals surface area contributed by atoms with Crippen molar-refractivity contribution in [2.45, 2.75) is 267 Å². The van der Waals surface area contributed by atoms with E-state index >= 15 is 0 Å². The zero-order chi connectivity index (χ0) is 60.0. The van der Waals surface area contributed by atoms with E-state index in [4.69, 9.17) is 38.6 Å². The van der Waals surface area contributed by atoms with Crippen LogP contribution in [0.4, 0.5) is 0 Å². The van der Waals surface area contributed by atoms with Gasteiger partial charge in [-0.25, -0.2) is 0 Å². The first-order valence-electron chi connectivity index (χ1n) is 30.4. The first-order chi connectivity index (χ1) is 36.9. The molecule has 0 aromatic heterocycles. The maximum Gasteiger partial charge on any atom is 0.110 e. The van der Waals surface area contributed by atoms with Crippen molar-refractivity contribution in [1.29, 1.82) is 0 Å². The predicted octanol–water partition coefficient (Wildman–Crippen LogP) is 7.21. The van der Waals surface area contributed by atoms with E-state index in [0.29, 0.717) is 59.0 Å². The van der Waals surface area contributed by atoms with E-state index < -0.39 is 48.8 Å². The molecule has 0 aliphatic carbocycles. The van der Waals surface area contributed by atoms with Crippen molar-refractivity contribution < 1.29 is 84.6 Å². The number of nitrogens with zero attached hydrogens (tertiary/aromatic N) is 1. The fourth-order valence-corrected chi connectivity index (χ4v) is 6.20. The molecule has 18 nitrogen and oxygen atoms in total. The largest absolute Gasteiger partial charge is 0.396 e. The van der Waals surface area contributed by atoms with Gasteiger partial charge in [0.05, 0.1) is 70.7 Å². The van der Waals surface area contributed by atoms with Crippen LogP contribution in [0.5, 0.6) is 0 Å². The summed E-state index contributed by atoms with van der Waals surface area (Å²) in [5.74, 6) is 0. The molecular formula is C59H131NO17. The molecule has 0 aliphatic rings. The monoisotopic (exact) mass is 1130 g/mol. The Morgan fingerprint density at radius 1 is 0.351 bits per heavy atom. The van der Waals surface area contributed by atoms with Gasteiger partial charge < -0.3 is 84.6 Å². The Morgan fingerprint density at radius 2 is 0.714 bits per heavy atom. The minimum absolute atomic E-state index is 0.00768. The minimum atomic E-state index is -1.38. The van der Waals surface area contributed by atoms with Crippen molar-refractivity contribution in [3.8, 4) is 0 Å². The Hall–Kier alpha value is -0.720. The van der Waals surface area contributed by atoms with Crippen LogP contribution in [0.2, 0.25) is 0 Å². The van der Waals surface area contributed by atoms with Crippen LogP contribution in [-0.4, -0.2) is 228 Å². The van der Waals surface area contributed by atoms with Crippen molar-refractivity contribution in [2.75, 3.05) is 112 Å². The molecule has 0 aliphatic heterocycles. The van der Waals surface area contributed by atoms with Gasteiger partial charge in [0, 0.05) is 64.8 Å². The predicted molar refractivity (Wildman–Crippen MR) is 314 cm³/mol. The Morgan fingerprint density at radius 3 is 1.06 bits per heavy atom. The van der Waals surface area contributed by atoms with Crippen LogP contribution in [0.25, 0.3) is 0 Å². The number of ether oxygens (including phenoxy) is 6. The number of rotatable bonds is 47. The molecule has 11 N–H and O–H groups in total. The molecule has 0 heterocycles. The summed E-state index contributed by atoms with van der Waals surface area (Å²) in [4.78, 5) is 2.06. The maximum atomic E-state index is 9.72. The van der Waals surface area contributed by atoms with Crippen molar-refractivity contribution in [1.82, 2.24) is 4.90 Å². The maximum absolute atomic E-state index is 9.72. The standard InChI is InChI=1S/C12H27NO3.C11H24O5.C11H24O2.C10H22O4.C8H18O2.C7H16O/c1-3-5-9-16-11-12(15)10-13(6-4-2)7-8-14;1-3-5-6-16-7-9(13)11(15)10(14)8(12)4-2;1-4-7-8-13-10-11(5-2,6-3)9-12;1-3-5-6-14-7-9(12)10(13)8(11)4-2;1-3-5-6-10-7-8(9)4-2;1-3-5-7-8-6-4-2/h12,14-15H,3-11H2,1-2H3;8-15H,3-7H2,1-2H3;12H,4-10H2,1-3H3;8-13H,3-7H2,1-2H3;8-9H,3-7H2,1-2H3;3-7H2,1-2H3. The van der Waals surface area contributed by atoms with Crippen LogP contribution in [0, 0.1) is 5.41 Å². The first-order valence-corrected chi connectivity index (χ1v) is 30.4. The van der Waals surface area contributed by atoms with Crippen molar-refractivity contribution in [2.24, 2.45) is 5.41 Å². The molecule has 0 amide bonds. The molecule has 0 aromatic carbocycles. The first kappa shape index (κ1) is 87.5. The smallest absolute Gasteiger partial charge is 0.110 e. The minimum Gasteiger partial charge on any atom is -0.396 e. The van der Waals surface area contributed by atoms with Crippen molar-refractivity contribution >= 4 is 0 Å². The molecule has 0 saturated carbocycles. The summed E-state index contributed by atoms with van der Waals surface area (Å²) in [7, 11) is 0. The van der Waals surface area contributed by atoms with Gasteiger partial charge in [-0.1, -0.05) is 129 Å². The summed E-state index contributed by atoms with van der Waals surface area (Å²) in [5, 5.41) is 103. The van der Waals surface area contributed by atoms with Crippen LogP contribution < -0.4 is 0 Å². The van der Waals surface area contributed by atoms with Crippen LogP contribution in [0.1, 0.15) is 212 Å². The van der Waals surface area contributed by atoms with Gasteiger partial charge in [-0.05, 0) is 90.0 Å². The van der Waals surface area contributed by atoms with Gasteiger partial charge in [-0.15, -0.1) is 0 Å². The zero-order valence-electron chi connectivity index (χ0n) is 52.0. The normalized spacial score (nSPS) is 14.8. The number of aliphatic hydroxyl groups excluding tert-OH is 11. The van der Waals surface area contributed by atoms with Gasteiger partial charge >= 0.3 is 0 Å². The van der Waals surface area contributed by atoms with Crippen LogP contribution in [0.3, 0.4) is 0 Å². The lowest BCUT2D eigenvalue weighted by Crippen LogP contribution is -2.46. The second kappa shape index (κ2) is 69.5. The number of unbranched alkanes of at least 4 members (excludes halogenated alkanes) is 6. The Bertz CT molecular complexity index is 1020. The Balaban J connectivity index is -0.000000199. The molecule has 0 fully saturated rings. The summed E-state index contributed by atoms with van der Waals surface area (Å²) in [6.45, 7) is 36.0. The van der Waals surface area contributed by atoms with E-state index in [1.165, 1.54) is 19.3 Å². The van der Waals surface area contributed by atoms with E-state index in [2.05, 4.69) is 67.2 Å². The molecule has 0 aromatic rings. The van der Waals surface area contributed by atoms with Crippen LogP contribution >= 0.6 is 0 Å². The highest BCUT2D eigenvalue weighted by molar-refractivity contribution is 4.80. The molecule has 474 valence electrons. The lowest BCUT2D eigenvalue weighted by molar-refractivity contribution is -0.121. The molecule has 9 unspecified atom stereocenters. The molecule has 0 bridgehead atoms. The third-order valence-electron chi connectivity index (χ3n) is 12.3. The average molecular weight is 1130 g/mol. The molecular weight excluding hydrogens is 995 g/mol. The Kier molecular flexibility index (Phi) is 79.1. The highest BCUT2D eigenvalue weighted by Crippen LogP contribution is 2.25. The van der Waals surface area contributed by atoms with E-state index in [1.807, 2.05) is 13.8 Å². The van der Waals surface area contributed by atoms with Crippen molar-refractivity contribution in [3.05, 3.63) is 0 Å². The van der Waals surface area contributed by atoms with Gasteiger partial charge in [0.2, 0.25) is 0 Å². The van der Waals surface area contributed by atoms with Crippen LogP contribution in [0.15, 0.2) is 0 Å². The molecule has 0 rings (SSSR count). The van der Waals surface area contributed by atoms with Gasteiger partial charge in [0.15, 0.2) is 0 Å². The third kappa shape index (κ3) is 62.7. The van der Waals surface area contributed by atoms with E-state index in [1.54, 1.807) is 13.8 Å². The lowest BCUT2D eigenvalue weighted by Gasteiger charge is -2.28. The average Bonchev–Trinajstić information content (AvgIpc) is 3.44. The summed E-state index contributed by atoms with van der Waals surface area (Å²) < 4.78 is 31.6. The second-order valence-electron chi connectivity index (χ2n) is 19.7. The third-order valence-corrected chi connectivity index (χ3v) is 12.3. The van der Waals surface area contributed by atoms with Gasteiger partial charge in [0.25, 0.3) is 0 Å². The van der Waals surface area contributed by atoms with Crippen molar-refractivity contribution in [3.63, 3.8) is 0 Å². The summed E-state index contributed by atoms with van der Waals surface area (Å²) >= 11 is 0. The topological polar surface area (TPSA) is 281 Å². The SMILES string of the molecule is CCCCOCC(CC)(CC)CO.CCCCOCC(O)C(O)C(O)C(O)CC.CCCCOCC(O)C(O)C(O)CC.CCCCOCC(O)CC.CCCCOCC(O)CN(CCC)CCO.CCCCOCCC. The van der Waals surface area contributed by atoms with Gasteiger partial charge in [-0.2, -0.15) is 0 Å². The second-order valence-corrected chi connectivity index (χ2v) is 19.7. The van der Waals surface area contributed by atoms with E-state index in [9.17, 15) is 46.0 Å². The highest BCUT2D eigenvalue weighted by Gasteiger charge is 2.29. The lowest BCUT2D eigenvalue weighted by atomic mass is 9.84. The number of hydrogen-bond acceptors (Lipinski definition) is 18. The van der Waals surface area contributed by atoms with Gasteiger partial charge in [0.1, 0.15) is 30.5 Å².